The van der Waals surface area contributed by atoms with E-state index in [1.165, 1.54) is 11.1 Å². The number of aliphatic carboxylic acids is 2. The first kappa shape index (κ1) is 22.6. The van der Waals surface area contributed by atoms with Crippen molar-refractivity contribution in [3.8, 4) is 0 Å². The molecule has 6 heteroatoms. The number of esters is 1. The van der Waals surface area contributed by atoms with Crippen LogP contribution in [0.1, 0.15) is 72.6 Å². The monoisotopic (exact) mass is 418 g/mol. The van der Waals surface area contributed by atoms with Gasteiger partial charge in [0, 0.05) is 0 Å². The highest BCUT2D eigenvalue weighted by Crippen LogP contribution is 2.62. The van der Waals surface area contributed by atoms with Gasteiger partial charge in [-0.15, -0.1) is 0 Å². The maximum Gasteiger partial charge on any atom is 0.345 e. The number of carboxylic acid groups (broad SMARTS) is 2. The molecule has 0 spiro atoms. The average Bonchev–Trinajstić information content (AvgIpc) is 2.66. The van der Waals surface area contributed by atoms with Crippen LogP contribution in [0, 0.1) is 28.6 Å². The molecule has 0 bridgehead atoms. The zero-order chi connectivity index (χ0) is 22.3. The van der Waals surface area contributed by atoms with E-state index in [4.69, 9.17) is 9.84 Å². The van der Waals surface area contributed by atoms with E-state index >= 15 is 0 Å². The van der Waals surface area contributed by atoms with Gasteiger partial charge in [0.05, 0.1) is 11.8 Å². The summed E-state index contributed by atoms with van der Waals surface area (Å²) in [6.45, 7) is 8.61. The lowest BCUT2D eigenvalue weighted by atomic mass is 9.47. The molecule has 1 fully saturated rings. The van der Waals surface area contributed by atoms with E-state index in [0.717, 1.165) is 32.1 Å². The van der Waals surface area contributed by atoms with E-state index in [2.05, 4.69) is 32.9 Å². The fourth-order valence-electron chi connectivity index (χ4n) is 6.19. The van der Waals surface area contributed by atoms with Crippen molar-refractivity contribution < 1.29 is 29.3 Å². The van der Waals surface area contributed by atoms with E-state index in [1.54, 1.807) is 0 Å². The molecule has 166 valence electrons. The molecule has 0 aromatic heterocycles. The Kier molecular flexibility index (Phi) is 6.17. The fourth-order valence-corrected chi connectivity index (χ4v) is 6.19. The number of hydrogen-bond acceptors (Lipinski definition) is 4. The van der Waals surface area contributed by atoms with Gasteiger partial charge in [0.25, 0.3) is 0 Å². The molecule has 0 heterocycles. The molecule has 30 heavy (non-hydrogen) atoms. The Bertz CT molecular complexity index is 794. The first-order chi connectivity index (χ1) is 14.0. The Morgan fingerprint density at radius 2 is 1.90 bits per heavy atom. The van der Waals surface area contributed by atoms with Gasteiger partial charge in [-0.05, 0) is 67.8 Å². The number of fused-ring (bicyclic) bond motifs is 3. The van der Waals surface area contributed by atoms with Crippen LogP contribution >= 0.6 is 0 Å². The van der Waals surface area contributed by atoms with Crippen molar-refractivity contribution in [1.29, 1.82) is 0 Å². The maximum absolute atomic E-state index is 13.2. The van der Waals surface area contributed by atoms with E-state index in [0.29, 0.717) is 18.3 Å². The number of carbonyl (C=O) groups excluding carboxylic acids is 1. The zero-order valence-corrected chi connectivity index (χ0v) is 18.4. The van der Waals surface area contributed by atoms with Crippen molar-refractivity contribution in [3.63, 3.8) is 0 Å². The third-order valence-corrected chi connectivity index (χ3v) is 7.93. The summed E-state index contributed by atoms with van der Waals surface area (Å²) in [5, 5.41) is 18.3. The predicted molar refractivity (Wildman–Crippen MR) is 112 cm³/mol. The van der Waals surface area contributed by atoms with Crippen LogP contribution in [0.5, 0.6) is 0 Å². The molecule has 5 atom stereocenters. The number of hydrogen-bond donors (Lipinski definition) is 2. The van der Waals surface area contributed by atoms with E-state index in [1.807, 2.05) is 6.92 Å². The van der Waals surface area contributed by atoms with Crippen LogP contribution in [-0.4, -0.2) is 34.2 Å². The topological polar surface area (TPSA) is 101 Å². The lowest BCUT2D eigenvalue weighted by molar-refractivity contribution is -0.183. The molecule has 0 aromatic rings. The minimum atomic E-state index is -1.65. The van der Waals surface area contributed by atoms with Gasteiger partial charge >= 0.3 is 17.9 Å². The highest BCUT2D eigenvalue weighted by Gasteiger charge is 2.58. The Morgan fingerprint density at radius 3 is 2.50 bits per heavy atom. The largest absolute Gasteiger partial charge is 0.481 e. The van der Waals surface area contributed by atoms with Crippen molar-refractivity contribution in [2.45, 2.75) is 78.7 Å². The summed E-state index contributed by atoms with van der Waals surface area (Å²) in [6.07, 6.45) is 7.69. The van der Waals surface area contributed by atoms with Gasteiger partial charge in [0.1, 0.15) is 0 Å². The third-order valence-electron chi connectivity index (χ3n) is 7.93. The van der Waals surface area contributed by atoms with Gasteiger partial charge in [-0.3, -0.25) is 9.59 Å². The normalized spacial score (nSPS) is 34.2. The molecule has 2 N–H and O–H groups in total. The number of rotatable bonds is 6. The summed E-state index contributed by atoms with van der Waals surface area (Å²) in [5.41, 5.74) is 2.00. The first-order valence-corrected chi connectivity index (χ1v) is 11.0. The molecule has 0 amide bonds. The minimum Gasteiger partial charge on any atom is -0.481 e. The van der Waals surface area contributed by atoms with Crippen molar-refractivity contribution in [3.05, 3.63) is 23.3 Å². The van der Waals surface area contributed by atoms with Crippen LogP contribution in [0.25, 0.3) is 0 Å². The molecule has 1 saturated carbocycles. The summed E-state index contributed by atoms with van der Waals surface area (Å²) in [5.74, 6) is -2.32. The van der Waals surface area contributed by atoms with Gasteiger partial charge in [0.2, 0.25) is 6.10 Å². The summed E-state index contributed by atoms with van der Waals surface area (Å²) >= 11 is 0. The van der Waals surface area contributed by atoms with Crippen LogP contribution in [-0.2, 0) is 19.1 Å². The molecule has 0 aromatic carbocycles. The van der Waals surface area contributed by atoms with E-state index < -0.39 is 35.8 Å². The predicted octanol–water partition coefficient (Wildman–Crippen LogP) is 4.59. The van der Waals surface area contributed by atoms with Crippen LogP contribution in [0.4, 0.5) is 0 Å². The molecule has 6 nitrogen and oxygen atoms in total. The molecule has 3 aliphatic carbocycles. The lowest BCUT2D eigenvalue weighted by Gasteiger charge is -2.57. The summed E-state index contributed by atoms with van der Waals surface area (Å²) < 4.78 is 5.29. The van der Waals surface area contributed by atoms with Crippen molar-refractivity contribution in [2.75, 3.05) is 0 Å². The van der Waals surface area contributed by atoms with Crippen LogP contribution in [0.15, 0.2) is 23.3 Å². The lowest BCUT2D eigenvalue weighted by Crippen LogP contribution is -2.54. The van der Waals surface area contributed by atoms with Gasteiger partial charge in [0.15, 0.2) is 0 Å². The van der Waals surface area contributed by atoms with Crippen LogP contribution in [0.3, 0.4) is 0 Å². The third kappa shape index (κ3) is 3.93. The van der Waals surface area contributed by atoms with E-state index in [9.17, 15) is 19.5 Å². The second-order valence-electron chi connectivity index (χ2n) is 10.1. The molecule has 0 radical (unpaired) electrons. The average molecular weight is 419 g/mol. The zero-order valence-electron chi connectivity index (χ0n) is 18.4. The second-order valence-corrected chi connectivity index (χ2v) is 10.1. The number of ether oxygens (including phenoxy) is 1. The summed E-state index contributed by atoms with van der Waals surface area (Å²) in [6, 6.07) is 0. The Balaban J connectivity index is 1.89. The van der Waals surface area contributed by atoms with Crippen molar-refractivity contribution in [1.82, 2.24) is 0 Å². The molecule has 3 rings (SSSR count). The number of carbonyl (C=O) groups is 3. The van der Waals surface area contributed by atoms with Crippen LogP contribution in [0.2, 0.25) is 0 Å². The maximum atomic E-state index is 13.2. The molecular weight excluding hydrogens is 384 g/mol. The Hall–Kier alpha value is -2.11. The molecule has 3 aliphatic rings. The number of allylic oxidation sites excluding steroid dienone is 4. The summed E-state index contributed by atoms with van der Waals surface area (Å²) in [7, 11) is 0. The SMILES string of the molecule is CC(C)C1=CC2=CCC3C(C)(C(=O)OC(CC(=O)O)C(=O)O)CCCC3(C)C2CC1. The molecule has 0 aliphatic heterocycles. The smallest absolute Gasteiger partial charge is 0.345 e. The van der Waals surface area contributed by atoms with Gasteiger partial charge in [-0.25, -0.2) is 4.79 Å². The molecular formula is C24H34O6. The highest BCUT2D eigenvalue weighted by molar-refractivity contribution is 5.84. The summed E-state index contributed by atoms with van der Waals surface area (Å²) in [4.78, 5) is 35.6. The van der Waals surface area contributed by atoms with Gasteiger partial charge in [-0.1, -0.05) is 44.9 Å². The number of carboxylic acids is 2. The highest BCUT2D eigenvalue weighted by atomic mass is 16.6. The Morgan fingerprint density at radius 1 is 1.20 bits per heavy atom. The van der Waals surface area contributed by atoms with E-state index in [-0.39, 0.29) is 11.3 Å². The first-order valence-electron chi connectivity index (χ1n) is 11.0. The minimum absolute atomic E-state index is 0.0493. The quantitative estimate of drug-likeness (QED) is 0.612. The second kappa shape index (κ2) is 8.20. The van der Waals surface area contributed by atoms with Gasteiger partial charge < -0.3 is 14.9 Å². The van der Waals surface area contributed by atoms with Gasteiger partial charge in [-0.2, -0.15) is 0 Å². The Labute approximate surface area is 178 Å². The van der Waals surface area contributed by atoms with Crippen molar-refractivity contribution in [2.24, 2.45) is 28.6 Å². The standard InChI is InChI=1S/C24H34O6/c1-14(2)15-6-8-17-16(12-15)7-9-19-23(17,3)10-5-11-24(19,4)22(29)30-18(21(27)28)13-20(25)26/h7,12,14,17-19H,5-6,8-11,13H2,1-4H3,(H,25,26)(H,27,28). The van der Waals surface area contributed by atoms with Crippen molar-refractivity contribution >= 4 is 17.9 Å². The molecule has 0 saturated heterocycles. The molecule has 5 unspecified atom stereocenters. The fraction of sp³-hybridized carbons (Fsp3) is 0.708. The van der Waals surface area contributed by atoms with Crippen LogP contribution < -0.4 is 0 Å².